The summed E-state index contributed by atoms with van der Waals surface area (Å²) in [6, 6.07) is 18.9. The van der Waals surface area contributed by atoms with E-state index in [-0.39, 0.29) is 19.0 Å². The van der Waals surface area contributed by atoms with Crippen molar-refractivity contribution >= 4 is 21.9 Å². The number of hydrogen-bond donors (Lipinski definition) is 0. The molecule has 1 atom stereocenters. The number of fused-ring (bicyclic) bond motifs is 1. The van der Waals surface area contributed by atoms with Gasteiger partial charge in [-0.05, 0) is 29.8 Å². The standard InChI is InChI=1S/C25H23BrO6/c1-28-21-9-8-16(10-22(21)29-2)11-23(27)30-14-18-12-20(26)13-19-15-31-25(32-24(18)19)17-6-4-3-5-7-17/h3-10,12-13,25H,11,14-15H2,1-2H3/t25-/m1/s1. The smallest absolute Gasteiger partial charge is 0.310 e. The Kier molecular flexibility index (Phi) is 6.97. The molecule has 0 amide bonds. The Labute approximate surface area is 195 Å². The fourth-order valence-corrected chi connectivity index (χ4v) is 4.08. The first-order valence-electron chi connectivity index (χ1n) is 10.1. The van der Waals surface area contributed by atoms with Crippen molar-refractivity contribution in [3.63, 3.8) is 0 Å². The van der Waals surface area contributed by atoms with Crippen LogP contribution in [0.5, 0.6) is 17.2 Å². The third-order valence-electron chi connectivity index (χ3n) is 5.08. The fourth-order valence-electron chi connectivity index (χ4n) is 3.53. The van der Waals surface area contributed by atoms with Gasteiger partial charge in [0.15, 0.2) is 11.5 Å². The second-order valence-electron chi connectivity index (χ2n) is 7.25. The highest BCUT2D eigenvalue weighted by Gasteiger charge is 2.25. The van der Waals surface area contributed by atoms with Gasteiger partial charge in [0.1, 0.15) is 12.4 Å². The molecule has 0 saturated carbocycles. The molecule has 32 heavy (non-hydrogen) atoms. The highest BCUT2D eigenvalue weighted by Crippen LogP contribution is 2.38. The summed E-state index contributed by atoms with van der Waals surface area (Å²) in [7, 11) is 3.13. The van der Waals surface area contributed by atoms with Crippen molar-refractivity contribution in [3.8, 4) is 17.2 Å². The molecule has 0 saturated heterocycles. The lowest BCUT2D eigenvalue weighted by atomic mass is 10.1. The van der Waals surface area contributed by atoms with Crippen molar-refractivity contribution in [2.45, 2.75) is 25.9 Å². The molecule has 0 aromatic heterocycles. The largest absolute Gasteiger partial charge is 0.493 e. The summed E-state index contributed by atoms with van der Waals surface area (Å²) in [4.78, 5) is 12.5. The Bertz CT molecular complexity index is 1100. The molecule has 6 nitrogen and oxygen atoms in total. The van der Waals surface area contributed by atoms with Gasteiger partial charge in [0, 0.05) is 21.2 Å². The van der Waals surface area contributed by atoms with Crippen LogP contribution in [0.3, 0.4) is 0 Å². The van der Waals surface area contributed by atoms with Crippen LogP contribution in [0.15, 0.2) is 65.1 Å². The number of rotatable bonds is 7. The zero-order chi connectivity index (χ0) is 22.5. The van der Waals surface area contributed by atoms with Crippen molar-refractivity contribution < 1.29 is 28.5 Å². The monoisotopic (exact) mass is 498 g/mol. The van der Waals surface area contributed by atoms with Gasteiger partial charge in [0.2, 0.25) is 6.29 Å². The van der Waals surface area contributed by atoms with E-state index in [2.05, 4.69) is 15.9 Å². The molecule has 0 N–H and O–H groups in total. The van der Waals surface area contributed by atoms with Crippen molar-refractivity contribution in [2.75, 3.05) is 14.2 Å². The van der Waals surface area contributed by atoms with E-state index in [0.29, 0.717) is 23.9 Å². The van der Waals surface area contributed by atoms with E-state index in [4.69, 9.17) is 23.7 Å². The summed E-state index contributed by atoms with van der Waals surface area (Å²) < 4.78 is 29.0. The number of ether oxygens (including phenoxy) is 5. The van der Waals surface area contributed by atoms with Crippen LogP contribution in [0, 0.1) is 0 Å². The SMILES string of the molecule is COc1ccc(CC(=O)OCc2cc(Br)cc3c2O[C@H](c2ccccc2)OC3)cc1OC. The van der Waals surface area contributed by atoms with Crippen LogP contribution in [-0.4, -0.2) is 20.2 Å². The maximum atomic E-state index is 12.5. The fraction of sp³-hybridized carbons (Fsp3) is 0.240. The average Bonchev–Trinajstić information content (AvgIpc) is 2.82. The van der Waals surface area contributed by atoms with Crippen molar-refractivity contribution in [3.05, 3.63) is 87.4 Å². The Balaban J connectivity index is 1.46. The number of esters is 1. The van der Waals surface area contributed by atoms with Crippen LogP contribution in [0.2, 0.25) is 0 Å². The lowest BCUT2D eigenvalue weighted by molar-refractivity contribution is -0.144. The molecule has 1 aliphatic heterocycles. The first kappa shape index (κ1) is 22.2. The molecule has 3 aromatic rings. The van der Waals surface area contributed by atoms with E-state index in [1.54, 1.807) is 26.4 Å². The van der Waals surface area contributed by atoms with Gasteiger partial charge in [-0.15, -0.1) is 0 Å². The first-order chi connectivity index (χ1) is 15.6. The molecule has 1 heterocycles. The van der Waals surface area contributed by atoms with E-state index in [1.807, 2.05) is 48.5 Å². The summed E-state index contributed by atoms with van der Waals surface area (Å²) in [6.45, 7) is 0.496. The molecular formula is C25H23BrO6. The summed E-state index contributed by atoms with van der Waals surface area (Å²) in [5.41, 5.74) is 3.38. The van der Waals surface area contributed by atoms with Gasteiger partial charge in [-0.1, -0.05) is 52.3 Å². The van der Waals surface area contributed by atoms with Crippen LogP contribution in [0.25, 0.3) is 0 Å². The maximum Gasteiger partial charge on any atom is 0.310 e. The minimum Gasteiger partial charge on any atom is -0.493 e. The quantitative estimate of drug-likeness (QED) is 0.408. The second-order valence-corrected chi connectivity index (χ2v) is 8.17. The van der Waals surface area contributed by atoms with E-state index < -0.39 is 6.29 Å². The third-order valence-corrected chi connectivity index (χ3v) is 5.54. The highest BCUT2D eigenvalue weighted by molar-refractivity contribution is 9.10. The number of carbonyl (C=O) groups excluding carboxylic acids is 1. The molecule has 7 heteroatoms. The molecule has 3 aromatic carbocycles. The highest BCUT2D eigenvalue weighted by atomic mass is 79.9. The number of carbonyl (C=O) groups is 1. The lowest BCUT2D eigenvalue weighted by Crippen LogP contribution is -2.19. The molecule has 4 rings (SSSR count). The maximum absolute atomic E-state index is 12.5. The summed E-state index contributed by atoms with van der Waals surface area (Å²) in [6.07, 6.45) is -0.390. The molecule has 0 fully saturated rings. The van der Waals surface area contributed by atoms with Crippen molar-refractivity contribution in [1.82, 2.24) is 0 Å². The topological polar surface area (TPSA) is 63.2 Å². The molecule has 166 valence electrons. The van der Waals surface area contributed by atoms with Crippen LogP contribution in [0.4, 0.5) is 0 Å². The summed E-state index contributed by atoms with van der Waals surface area (Å²) >= 11 is 3.51. The number of methoxy groups -OCH3 is 2. The van der Waals surface area contributed by atoms with Crippen LogP contribution in [-0.2, 0) is 33.9 Å². The van der Waals surface area contributed by atoms with Gasteiger partial charge in [-0.25, -0.2) is 0 Å². The van der Waals surface area contributed by atoms with E-state index in [0.717, 1.165) is 26.7 Å². The van der Waals surface area contributed by atoms with Gasteiger partial charge >= 0.3 is 5.97 Å². The minimum atomic E-state index is -0.508. The van der Waals surface area contributed by atoms with Gasteiger partial charge in [-0.2, -0.15) is 0 Å². The van der Waals surface area contributed by atoms with Crippen LogP contribution >= 0.6 is 15.9 Å². The molecule has 1 aliphatic rings. The van der Waals surface area contributed by atoms with Crippen molar-refractivity contribution in [1.29, 1.82) is 0 Å². The van der Waals surface area contributed by atoms with Gasteiger partial charge in [0.25, 0.3) is 0 Å². The predicted octanol–water partition coefficient (Wildman–Crippen LogP) is 5.36. The van der Waals surface area contributed by atoms with Gasteiger partial charge in [-0.3, -0.25) is 4.79 Å². The van der Waals surface area contributed by atoms with Crippen molar-refractivity contribution in [2.24, 2.45) is 0 Å². The molecule has 0 radical (unpaired) electrons. The molecule has 0 spiro atoms. The number of hydrogen-bond acceptors (Lipinski definition) is 6. The Morgan fingerprint density at radius 2 is 1.81 bits per heavy atom. The minimum absolute atomic E-state index is 0.0927. The molecule has 0 aliphatic carbocycles. The third kappa shape index (κ3) is 5.06. The first-order valence-corrected chi connectivity index (χ1v) is 10.9. The lowest BCUT2D eigenvalue weighted by Gasteiger charge is -2.28. The molecule has 0 unspecified atom stereocenters. The van der Waals surface area contributed by atoms with E-state index in [1.165, 1.54) is 0 Å². The zero-order valence-electron chi connectivity index (χ0n) is 17.8. The second kappa shape index (κ2) is 10.1. The average molecular weight is 499 g/mol. The molecule has 0 bridgehead atoms. The Hall–Kier alpha value is -3.03. The summed E-state index contributed by atoms with van der Waals surface area (Å²) in [5.74, 6) is 1.52. The van der Waals surface area contributed by atoms with Gasteiger partial charge < -0.3 is 23.7 Å². The predicted molar refractivity (Wildman–Crippen MR) is 122 cm³/mol. The van der Waals surface area contributed by atoms with E-state index in [9.17, 15) is 4.79 Å². The van der Waals surface area contributed by atoms with E-state index >= 15 is 0 Å². The normalized spacial score (nSPS) is 14.8. The van der Waals surface area contributed by atoms with Crippen LogP contribution in [0.1, 0.15) is 28.5 Å². The Morgan fingerprint density at radius 1 is 1.03 bits per heavy atom. The number of halogens is 1. The summed E-state index contributed by atoms with van der Waals surface area (Å²) in [5, 5.41) is 0. The number of benzene rings is 3. The van der Waals surface area contributed by atoms with Gasteiger partial charge in [0.05, 0.1) is 27.2 Å². The van der Waals surface area contributed by atoms with Crippen LogP contribution < -0.4 is 14.2 Å². The Morgan fingerprint density at radius 3 is 2.56 bits per heavy atom. The zero-order valence-corrected chi connectivity index (χ0v) is 19.4. The molecular weight excluding hydrogens is 476 g/mol.